The SMILES string of the molecule is Cc1[nH]ccc1C(=O)Nc1ccc(C(N)=O)cc1. The number of rotatable bonds is 3. The summed E-state index contributed by atoms with van der Waals surface area (Å²) in [5.41, 5.74) is 7.55. The number of hydrogen-bond acceptors (Lipinski definition) is 2. The molecule has 0 aliphatic carbocycles. The molecule has 0 aliphatic heterocycles. The molecule has 0 spiro atoms. The van der Waals surface area contributed by atoms with Crippen molar-refractivity contribution in [1.82, 2.24) is 4.98 Å². The van der Waals surface area contributed by atoms with E-state index in [0.29, 0.717) is 16.8 Å². The minimum Gasteiger partial charge on any atom is -0.366 e. The Kier molecular flexibility index (Phi) is 3.14. The number of benzene rings is 1. The number of H-pyrrole nitrogens is 1. The van der Waals surface area contributed by atoms with Crippen LogP contribution < -0.4 is 11.1 Å². The van der Waals surface area contributed by atoms with Gasteiger partial charge in [0.25, 0.3) is 5.91 Å². The van der Waals surface area contributed by atoms with Crippen molar-refractivity contribution < 1.29 is 9.59 Å². The Morgan fingerprint density at radius 3 is 2.33 bits per heavy atom. The molecule has 18 heavy (non-hydrogen) atoms. The van der Waals surface area contributed by atoms with Gasteiger partial charge in [0.2, 0.25) is 5.91 Å². The Bertz CT molecular complexity index is 585. The predicted molar refractivity (Wildman–Crippen MR) is 68.4 cm³/mol. The molecule has 5 heteroatoms. The molecule has 2 aromatic rings. The first-order valence-corrected chi connectivity index (χ1v) is 5.43. The lowest BCUT2D eigenvalue weighted by Crippen LogP contribution is -2.13. The third-order valence-corrected chi connectivity index (χ3v) is 2.63. The summed E-state index contributed by atoms with van der Waals surface area (Å²) in [4.78, 5) is 25.7. The Balaban J connectivity index is 2.13. The fraction of sp³-hybridized carbons (Fsp3) is 0.0769. The number of amides is 2. The molecule has 0 radical (unpaired) electrons. The summed E-state index contributed by atoms with van der Waals surface area (Å²) < 4.78 is 0. The minimum atomic E-state index is -0.491. The van der Waals surface area contributed by atoms with Crippen molar-refractivity contribution in [2.45, 2.75) is 6.92 Å². The average Bonchev–Trinajstić information content (AvgIpc) is 2.76. The first-order chi connectivity index (χ1) is 8.58. The van der Waals surface area contributed by atoms with Crippen LogP contribution in [0.25, 0.3) is 0 Å². The first kappa shape index (κ1) is 11.9. The Labute approximate surface area is 104 Å². The number of carbonyl (C=O) groups is 2. The maximum Gasteiger partial charge on any atom is 0.257 e. The van der Waals surface area contributed by atoms with Crippen molar-refractivity contribution in [1.29, 1.82) is 0 Å². The number of carbonyl (C=O) groups excluding carboxylic acids is 2. The van der Waals surface area contributed by atoms with Gasteiger partial charge in [-0.2, -0.15) is 0 Å². The Morgan fingerprint density at radius 2 is 1.83 bits per heavy atom. The lowest BCUT2D eigenvalue weighted by atomic mass is 10.2. The van der Waals surface area contributed by atoms with Crippen LogP contribution in [0.3, 0.4) is 0 Å². The Hall–Kier alpha value is -2.56. The number of anilines is 1. The van der Waals surface area contributed by atoms with E-state index in [1.807, 2.05) is 6.92 Å². The molecule has 2 rings (SSSR count). The van der Waals surface area contributed by atoms with E-state index in [9.17, 15) is 9.59 Å². The molecule has 0 aliphatic rings. The second-order valence-corrected chi connectivity index (χ2v) is 3.91. The molecular weight excluding hydrogens is 230 g/mol. The van der Waals surface area contributed by atoms with Gasteiger partial charge in [-0.3, -0.25) is 9.59 Å². The number of nitrogens with two attached hydrogens (primary N) is 1. The van der Waals surface area contributed by atoms with E-state index in [1.165, 1.54) is 0 Å². The van der Waals surface area contributed by atoms with Gasteiger partial charge in [0.05, 0.1) is 5.56 Å². The lowest BCUT2D eigenvalue weighted by Gasteiger charge is -2.05. The zero-order valence-corrected chi connectivity index (χ0v) is 9.86. The highest BCUT2D eigenvalue weighted by molar-refractivity contribution is 6.05. The van der Waals surface area contributed by atoms with E-state index in [0.717, 1.165) is 5.69 Å². The van der Waals surface area contributed by atoms with E-state index < -0.39 is 5.91 Å². The highest BCUT2D eigenvalue weighted by atomic mass is 16.2. The van der Waals surface area contributed by atoms with Crippen molar-refractivity contribution in [2.24, 2.45) is 5.73 Å². The van der Waals surface area contributed by atoms with Crippen LogP contribution in [-0.4, -0.2) is 16.8 Å². The van der Waals surface area contributed by atoms with Gasteiger partial charge in [0.1, 0.15) is 0 Å². The summed E-state index contributed by atoms with van der Waals surface area (Å²) in [6.45, 7) is 1.82. The quantitative estimate of drug-likeness (QED) is 0.765. The van der Waals surface area contributed by atoms with Crippen LogP contribution in [0, 0.1) is 6.92 Å². The molecule has 1 aromatic heterocycles. The zero-order chi connectivity index (χ0) is 13.1. The molecule has 0 saturated carbocycles. The predicted octanol–water partition coefficient (Wildman–Crippen LogP) is 1.67. The van der Waals surface area contributed by atoms with Gasteiger partial charge in [0, 0.05) is 23.1 Å². The van der Waals surface area contributed by atoms with Gasteiger partial charge < -0.3 is 16.0 Å². The molecule has 0 atom stereocenters. The van der Waals surface area contributed by atoms with Gasteiger partial charge >= 0.3 is 0 Å². The van der Waals surface area contributed by atoms with Crippen molar-refractivity contribution in [2.75, 3.05) is 5.32 Å². The molecule has 5 nitrogen and oxygen atoms in total. The topological polar surface area (TPSA) is 88.0 Å². The first-order valence-electron chi connectivity index (χ1n) is 5.43. The van der Waals surface area contributed by atoms with Crippen LogP contribution in [0.15, 0.2) is 36.5 Å². The fourth-order valence-corrected chi connectivity index (χ4v) is 1.61. The number of hydrogen-bond donors (Lipinski definition) is 3. The summed E-state index contributed by atoms with van der Waals surface area (Å²) in [5, 5.41) is 2.74. The van der Waals surface area contributed by atoms with Crippen molar-refractivity contribution >= 4 is 17.5 Å². The minimum absolute atomic E-state index is 0.194. The normalized spacial score (nSPS) is 10.1. The molecule has 0 fully saturated rings. The fourth-order valence-electron chi connectivity index (χ4n) is 1.61. The molecule has 2 amide bonds. The molecule has 1 heterocycles. The van der Waals surface area contributed by atoms with E-state index in [4.69, 9.17) is 5.73 Å². The van der Waals surface area contributed by atoms with E-state index in [-0.39, 0.29) is 5.91 Å². The van der Waals surface area contributed by atoms with Crippen molar-refractivity contribution in [3.8, 4) is 0 Å². The molecule has 1 aromatic carbocycles. The lowest BCUT2D eigenvalue weighted by molar-refractivity contribution is 0.0998. The van der Waals surface area contributed by atoms with E-state index in [1.54, 1.807) is 36.5 Å². The van der Waals surface area contributed by atoms with Crippen LogP contribution in [0.5, 0.6) is 0 Å². The summed E-state index contributed by atoms with van der Waals surface area (Å²) in [6.07, 6.45) is 1.71. The van der Waals surface area contributed by atoms with Gasteiger partial charge in [0.15, 0.2) is 0 Å². The molecular formula is C13H13N3O2. The van der Waals surface area contributed by atoms with Gasteiger partial charge in [-0.15, -0.1) is 0 Å². The van der Waals surface area contributed by atoms with Crippen LogP contribution in [0.4, 0.5) is 5.69 Å². The zero-order valence-electron chi connectivity index (χ0n) is 9.86. The van der Waals surface area contributed by atoms with Gasteiger partial charge in [-0.25, -0.2) is 0 Å². The van der Waals surface area contributed by atoms with Crippen LogP contribution in [0.1, 0.15) is 26.4 Å². The number of nitrogens with one attached hydrogen (secondary N) is 2. The standard InChI is InChI=1S/C13H13N3O2/c1-8-11(6-7-15-8)13(18)16-10-4-2-9(3-5-10)12(14)17/h2-7,15H,1H3,(H2,14,17)(H,16,18). The maximum atomic E-state index is 11.9. The number of primary amides is 1. The van der Waals surface area contributed by atoms with Crippen molar-refractivity contribution in [3.63, 3.8) is 0 Å². The van der Waals surface area contributed by atoms with Crippen molar-refractivity contribution in [3.05, 3.63) is 53.3 Å². The monoisotopic (exact) mass is 243 g/mol. The number of aryl methyl sites for hydroxylation is 1. The summed E-state index contributed by atoms with van der Waals surface area (Å²) >= 11 is 0. The Morgan fingerprint density at radius 1 is 1.17 bits per heavy atom. The van der Waals surface area contributed by atoms with E-state index in [2.05, 4.69) is 10.3 Å². The smallest absolute Gasteiger partial charge is 0.257 e. The largest absolute Gasteiger partial charge is 0.366 e. The van der Waals surface area contributed by atoms with Crippen LogP contribution >= 0.6 is 0 Å². The van der Waals surface area contributed by atoms with Gasteiger partial charge in [-0.1, -0.05) is 0 Å². The molecule has 92 valence electrons. The molecule has 0 unspecified atom stereocenters. The van der Waals surface area contributed by atoms with Crippen LogP contribution in [-0.2, 0) is 0 Å². The third-order valence-electron chi connectivity index (χ3n) is 2.63. The molecule has 0 bridgehead atoms. The molecule has 4 N–H and O–H groups in total. The van der Waals surface area contributed by atoms with Crippen LogP contribution in [0.2, 0.25) is 0 Å². The second kappa shape index (κ2) is 4.75. The summed E-state index contributed by atoms with van der Waals surface area (Å²) in [5.74, 6) is -0.685. The highest BCUT2D eigenvalue weighted by Crippen LogP contribution is 2.12. The number of aromatic amines is 1. The summed E-state index contributed by atoms with van der Waals surface area (Å²) in [7, 11) is 0. The highest BCUT2D eigenvalue weighted by Gasteiger charge is 2.09. The number of aromatic nitrogens is 1. The maximum absolute atomic E-state index is 11.9. The van der Waals surface area contributed by atoms with Gasteiger partial charge in [-0.05, 0) is 37.3 Å². The second-order valence-electron chi connectivity index (χ2n) is 3.91. The third kappa shape index (κ3) is 2.40. The van der Waals surface area contributed by atoms with E-state index >= 15 is 0 Å². The average molecular weight is 243 g/mol. The molecule has 0 saturated heterocycles. The summed E-state index contributed by atoms with van der Waals surface area (Å²) in [6, 6.07) is 8.13.